The van der Waals surface area contributed by atoms with Gasteiger partial charge in [0.25, 0.3) is 0 Å². The van der Waals surface area contributed by atoms with E-state index in [0.29, 0.717) is 0 Å². The van der Waals surface area contributed by atoms with E-state index in [1.807, 2.05) is 0 Å². The van der Waals surface area contributed by atoms with Gasteiger partial charge < -0.3 is 11.5 Å². The van der Waals surface area contributed by atoms with Crippen molar-refractivity contribution in [3.05, 3.63) is 10.9 Å². The molecular formula is C6H11N3O4S3. The van der Waals surface area contributed by atoms with Crippen molar-refractivity contribution < 1.29 is 16.8 Å². The first kappa shape index (κ1) is 13.4. The number of sulfonamides is 1. The van der Waals surface area contributed by atoms with Gasteiger partial charge in [-0.1, -0.05) is 0 Å². The molecule has 1 rings (SSSR count). The molecule has 0 saturated carbocycles. The first-order valence-electron chi connectivity index (χ1n) is 3.89. The molecule has 0 aliphatic rings. The second-order valence-corrected chi connectivity index (χ2v) is 7.76. The molecule has 0 saturated heterocycles. The van der Waals surface area contributed by atoms with Crippen molar-refractivity contribution in [3.8, 4) is 0 Å². The van der Waals surface area contributed by atoms with Crippen molar-refractivity contribution in [1.29, 1.82) is 0 Å². The number of hydrogen-bond donors (Lipinski definition) is 3. The number of nitrogens with two attached hydrogens (primary N) is 3. The van der Waals surface area contributed by atoms with Crippen LogP contribution >= 0.6 is 11.3 Å². The number of thiophene rings is 1. The molecule has 1 unspecified atom stereocenters. The second kappa shape index (κ2) is 3.96. The van der Waals surface area contributed by atoms with Gasteiger partial charge in [-0.2, -0.15) is 0 Å². The maximum Gasteiger partial charge on any atom is 0.241 e. The molecule has 0 amide bonds. The molecule has 0 bridgehead atoms. The standard InChI is InChI=1S/C6H11N3O4S3/c1-15(10,11)6(8)3-2-14-5(7)4(3)16(9,12)13/h2,6H,7-8H2,1H3,(H2,9,12,13). The SMILES string of the molecule is CS(=O)(=O)C(N)c1csc(N)c1S(N)(=O)=O. The summed E-state index contributed by atoms with van der Waals surface area (Å²) in [5.74, 6) is 0. The van der Waals surface area contributed by atoms with Gasteiger partial charge in [0.1, 0.15) is 15.3 Å². The molecule has 0 aromatic carbocycles. The highest BCUT2D eigenvalue weighted by molar-refractivity contribution is 7.91. The van der Waals surface area contributed by atoms with Crippen LogP contribution in [0.3, 0.4) is 0 Å². The lowest BCUT2D eigenvalue weighted by molar-refractivity contribution is 0.587. The largest absolute Gasteiger partial charge is 0.389 e. The average molecular weight is 285 g/mol. The molecular weight excluding hydrogens is 274 g/mol. The fourth-order valence-electron chi connectivity index (χ4n) is 1.11. The summed E-state index contributed by atoms with van der Waals surface area (Å²) in [6, 6.07) is 0. The van der Waals surface area contributed by atoms with Gasteiger partial charge in [-0.25, -0.2) is 22.0 Å². The fraction of sp³-hybridized carbons (Fsp3) is 0.333. The molecule has 0 radical (unpaired) electrons. The Morgan fingerprint density at radius 2 is 1.81 bits per heavy atom. The zero-order chi connectivity index (χ0) is 12.7. The molecule has 16 heavy (non-hydrogen) atoms. The van der Waals surface area contributed by atoms with E-state index in [1.54, 1.807) is 0 Å². The third-order valence-corrected chi connectivity index (χ3v) is 5.01. The van der Waals surface area contributed by atoms with Crippen molar-refractivity contribution in [2.24, 2.45) is 10.9 Å². The van der Waals surface area contributed by atoms with Crippen LogP contribution in [0.5, 0.6) is 0 Å². The van der Waals surface area contributed by atoms with Crippen LogP contribution in [0.25, 0.3) is 0 Å². The lowest BCUT2D eigenvalue weighted by Gasteiger charge is -2.09. The summed E-state index contributed by atoms with van der Waals surface area (Å²) in [5.41, 5.74) is 10.8. The average Bonchev–Trinajstić information content (AvgIpc) is 2.42. The van der Waals surface area contributed by atoms with Gasteiger partial charge in [0.05, 0.1) is 0 Å². The Morgan fingerprint density at radius 1 is 1.31 bits per heavy atom. The predicted molar refractivity (Wildman–Crippen MR) is 61.9 cm³/mol. The number of anilines is 1. The first-order valence-corrected chi connectivity index (χ1v) is 8.27. The molecule has 92 valence electrons. The number of hydrogen-bond acceptors (Lipinski definition) is 7. The van der Waals surface area contributed by atoms with Gasteiger partial charge in [-0.05, 0) is 0 Å². The molecule has 0 aliphatic carbocycles. The Kier molecular flexibility index (Phi) is 3.32. The monoisotopic (exact) mass is 285 g/mol. The topological polar surface area (TPSA) is 146 Å². The number of nitrogen functional groups attached to an aromatic ring is 1. The fourth-order valence-corrected chi connectivity index (χ4v) is 4.02. The van der Waals surface area contributed by atoms with Gasteiger partial charge in [0.2, 0.25) is 10.0 Å². The smallest absolute Gasteiger partial charge is 0.241 e. The summed E-state index contributed by atoms with van der Waals surface area (Å²) in [7, 11) is -7.70. The molecule has 1 aromatic heterocycles. The van der Waals surface area contributed by atoms with E-state index < -0.39 is 30.1 Å². The van der Waals surface area contributed by atoms with E-state index >= 15 is 0 Å². The van der Waals surface area contributed by atoms with Crippen LogP contribution in [-0.2, 0) is 19.9 Å². The van der Waals surface area contributed by atoms with E-state index in [0.717, 1.165) is 17.6 Å². The summed E-state index contributed by atoms with van der Waals surface area (Å²) in [6.07, 6.45) is 0.901. The Bertz CT molecular complexity index is 601. The van der Waals surface area contributed by atoms with Crippen molar-refractivity contribution in [2.75, 3.05) is 12.0 Å². The van der Waals surface area contributed by atoms with Crippen molar-refractivity contribution in [2.45, 2.75) is 10.3 Å². The van der Waals surface area contributed by atoms with E-state index in [1.165, 1.54) is 5.38 Å². The van der Waals surface area contributed by atoms with Crippen LogP contribution in [0.15, 0.2) is 10.3 Å². The molecule has 1 heterocycles. The summed E-state index contributed by atoms with van der Waals surface area (Å²) in [5, 5.41) is 4.69. The van der Waals surface area contributed by atoms with Gasteiger partial charge in [-0.3, -0.25) is 0 Å². The number of primary sulfonamides is 1. The van der Waals surface area contributed by atoms with E-state index in [9.17, 15) is 16.8 Å². The predicted octanol–water partition coefficient (Wildman–Crippen LogP) is -1.02. The third kappa shape index (κ3) is 2.52. The normalized spacial score (nSPS) is 14.9. The summed E-state index contributed by atoms with van der Waals surface area (Å²) < 4.78 is 44.9. The Balaban J connectivity index is 3.50. The van der Waals surface area contributed by atoms with Gasteiger partial charge in [0.15, 0.2) is 9.84 Å². The minimum atomic E-state index is -4.09. The summed E-state index contributed by atoms with van der Waals surface area (Å²) in [4.78, 5) is -0.407. The van der Waals surface area contributed by atoms with Crippen LogP contribution in [0.4, 0.5) is 5.00 Å². The quantitative estimate of drug-likeness (QED) is 0.647. The minimum absolute atomic E-state index is 0.0726. The molecule has 10 heteroatoms. The van der Waals surface area contributed by atoms with Crippen LogP contribution in [-0.4, -0.2) is 23.1 Å². The van der Waals surface area contributed by atoms with E-state index in [-0.39, 0.29) is 10.6 Å². The Morgan fingerprint density at radius 3 is 2.19 bits per heavy atom. The summed E-state index contributed by atoms with van der Waals surface area (Å²) in [6.45, 7) is 0. The van der Waals surface area contributed by atoms with Gasteiger partial charge in [0, 0.05) is 17.2 Å². The van der Waals surface area contributed by atoms with E-state index in [4.69, 9.17) is 16.6 Å². The highest BCUT2D eigenvalue weighted by Crippen LogP contribution is 2.33. The van der Waals surface area contributed by atoms with Crippen molar-refractivity contribution in [3.63, 3.8) is 0 Å². The minimum Gasteiger partial charge on any atom is -0.389 e. The number of rotatable bonds is 3. The van der Waals surface area contributed by atoms with Crippen molar-refractivity contribution in [1.82, 2.24) is 0 Å². The number of sulfone groups is 1. The maximum absolute atomic E-state index is 11.2. The van der Waals surface area contributed by atoms with E-state index in [2.05, 4.69) is 0 Å². The van der Waals surface area contributed by atoms with Crippen LogP contribution in [0.1, 0.15) is 10.9 Å². The molecule has 0 aliphatic heterocycles. The molecule has 0 fully saturated rings. The Hall–Kier alpha value is -0.680. The highest BCUT2D eigenvalue weighted by atomic mass is 32.2. The zero-order valence-corrected chi connectivity index (χ0v) is 10.7. The molecule has 6 N–H and O–H groups in total. The van der Waals surface area contributed by atoms with Gasteiger partial charge >= 0.3 is 0 Å². The highest BCUT2D eigenvalue weighted by Gasteiger charge is 2.28. The lowest BCUT2D eigenvalue weighted by atomic mass is 10.3. The molecule has 0 spiro atoms. The third-order valence-electron chi connectivity index (χ3n) is 1.85. The second-order valence-electron chi connectivity index (χ2n) is 3.18. The Labute approximate surface area is 97.2 Å². The first-order chi connectivity index (χ1) is 7.05. The van der Waals surface area contributed by atoms with Gasteiger partial charge in [-0.15, -0.1) is 11.3 Å². The molecule has 1 aromatic rings. The zero-order valence-electron chi connectivity index (χ0n) is 8.24. The molecule has 7 nitrogen and oxygen atoms in total. The summed E-state index contributed by atoms with van der Waals surface area (Å²) >= 11 is 0.877. The van der Waals surface area contributed by atoms with Crippen LogP contribution in [0, 0.1) is 0 Å². The molecule has 1 atom stereocenters. The lowest BCUT2D eigenvalue weighted by Crippen LogP contribution is -2.24. The van der Waals surface area contributed by atoms with Crippen LogP contribution < -0.4 is 16.6 Å². The van der Waals surface area contributed by atoms with Crippen molar-refractivity contribution >= 4 is 36.2 Å². The van der Waals surface area contributed by atoms with Crippen LogP contribution in [0.2, 0.25) is 0 Å². The maximum atomic E-state index is 11.2.